The largest absolute Gasteiger partial charge is 0.471 e. The minimum absolute atomic E-state index is 0.209. The van der Waals surface area contributed by atoms with Gasteiger partial charge in [0, 0.05) is 19.3 Å². The molecule has 106 valence electrons. The van der Waals surface area contributed by atoms with E-state index in [-0.39, 0.29) is 6.61 Å². The highest BCUT2D eigenvalue weighted by Gasteiger charge is 2.17. The minimum Gasteiger partial charge on any atom is -0.471 e. The Morgan fingerprint density at radius 1 is 1.45 bits per heavy atom. The second-order valence-electron chi connectivity index (χ2n) is 4.31. The first kappa shape index (κ1) is 14.0. The summed E-state index contributed by atoms with van der Waals surface area (Å²) in [4.78, 5) is 15.9. The molecule has 0 bridgehead atoms. The van der Waals surface area contributed by atoms with Crippen LogP contribution in [0.2, 0.25) is 0 Å². The van der Waals surface area contributed by atoms with Crippen LogP contribution in [-0.4, -0.2) is 27.3 Å². The highest BCUT2D eigenvalue weighted by molar-refractivity contribution is 5.90. The summed E-state index contributed by atoms with van der Waals surface area (Å²) in [6.45, 7) is 4.26. The van der Waals surface area contributed by atoms with E-state index in [1.165, 1.54) is 6.20 Å². The lowest BCUT2D eigenvalue weighted by atomic mass is 10.2. The number of aryl methyl sites for hydroxylation is 2. The van der Waals surface area contributed by atoms with Crippen LogP contribution >= 0.6 is 0 Å². The van der Waals surface area contributed by atoms with Crippen molar-refractivity contribution >= 4 is 5.97 Å². The fourth-order valence-corrected chi connectivity index (χ4v) is 1.74. The Kier molecular flexibility index (Phi) is 4.34. The molecule has 0 fully saturated rings. The molecule has 0 amide bonds. The van der Waals surface area contributed by atoms with Gasteiger partial charge in [-0.05, 0) is 25.5 Å². The second kappa shape index (κ2) is 6.18. The molecule has 2 rings (SSSR count). The summed E-state index contributed by atoms with van der Waals surface area (Å²) in [5.74, 6) is 0.123. The van der Waals surface area contributed by atoms with E-state index < -0.39 is 5.97 Å². The van der Waals surface area contributed by atoms with Crippen molar-refractivity contribution in [3.63, 3.8) is 0 Å². The van der Waals surface area contributed by atoms with Gasteiger partial charge in [0.2, 0.25) is 5.88 Å². The Morgan fingerprint density at radius 2 is 2.25 bits per heavy atom. The second-order valence-corrected chi connectivity index (χ2v) is 4.31. The van der Waals surface area contributed by atoms with Crippen molar-refractivity contribution in [1.82, 2.24) is 14.8 Å². The van der Waals surface area contributed by atoms with Crippen LogP contribution in [0.25, 0.3) is 0 Å². The molecule has 2 heterocycles. The van der Waals surface area contributed by atoms with Crippen LogP contribution in [0.1, 0.15) is 28.5 Å². The summed E-state index contributed by atoms with van der Waals surface area (Å²) in [7, 11) is 1.76. The van der Waals surface area contributed by atoms with Gasteiger partial charge in [0.05, 0.1) is 18.5 Å². The number of rotatable bonds is 5. The van der Waals surface area contributed by atoms with E-state index in [0.29, 0.717) is 23.7 Å². The van der Waals surface area contributed by atoms with Crippen molar-refractivity contribution < 1.29 is 14.3 Å². The standard InChI is InChI=1S/C14H17N3O3/c1-4-19-14(18)11-8-16-17(3)12(11)9-20-13-7-10(2)5-6-15-13/h5-8H,4,9H2,1-3H3. The molecule has 0 N–H and O–H groups in total. The van der Waals surface area contributed by atoms with Crippen molar-refractivity contribution in [1.29, 1.82) is 0 Å². The first-order chi connectivity index (χ1) is 9.61. The highest BCUT2D eigenvalue weighted by Crippen LogP contribution is 2.14. The number of nitrogens with zero attached hydrogens (tertiary/aromatic N) is 3. The molecule has 0 aromatic carbocycles. The number of ether oxygens (including phenoxy) is 2. The van der Waals surface area contributed by atoms with Gasteiger partial charge < -0.3 is 9.47 Å². The van der Waals surface area contributed by atoms with Gasteiger partial charge in [0.15, 0.2) is 0 Å². The number of esters is 1. The van der Waals surface area contributed by atoms with Crippen LogP contribution in [0, 0.1) is 6.92 Å². The Balaban J connectivity index is 2.13. The van der Waals surface area contributed by atoms with Gasteiger partial charge in [-0.15, -0.1) is 0 Å². The minimum atomic E-state index is -0.392. The fraction of sp³-hybridized carbons (Fsp3) is 0.357. The zero-order valence-corrected chi connectivity index (χ0v) is 11.8. The number of aromatic nitrogens is 3. The summed E-state index contributed by atoms with van der Waals surface area (Å²) in [5, 5.41) is 4.07. The van der Waals surface area contributed by atoms with Crippen LogP contribution in [-0.2, 0) is 18.4 Å². The molecule has 0 unspecified atom stereocenters. The Bertz CT molecular complexity index is 607. The molecule has 20 heavy (non-hydrogen) atoms. The summed E-state index contributed by atoms with van der Waals surface area (Å²) in [6.07, 6.45) is 3.17. The summed E-state index contributed by atoms with van der Waals surface area (Å²) < 4.78 is 12.2. The molecule has 0 spiro atoms. The van der Waals surface area contributed by atoms with E-state index in [4.69, 9.17) is 9.47 Å². The maximum atomic E-state index is 11.8. The quantitative estimate of drug-likeness (QED) is 0.779. The number of hydrogen-bond donors (Lipinski definition) is 0. The number of carbonyl (C=O) groups excluding carboxylic acids is 1. The van der Waals surface area contributed by atoms with Gasteiger partial charge in [-0.25, -0.2) is 9.78 Å². The predicted molar refractivity (Wildman–Crippen MR) is 72.5 cm³/mol. The Morgan fingerprint density at radius 3 is 2.95 bits per heavy atom. The molecule has 0 saturated carbocycles. The van der Waals surface area contributed by atoms with Crippen molar-refractivity contribution in [2.24, 2.45) is 7.05 Å². The molecular formula is C14H17N3O3. The van der Waals surface area contributed by atoms with E-state index in [1.54, 1.807) is 24.9 Å². The zero-order valence-electron chi connectivity index (χ0n) is 11.8. The monoisotopic (exact) mass is 275 g/mol. The average molecular weight is 275 g/mol. The van der Waals surface area contributed by atoms with Gasteiger partial charge in [-0.3, -0.25) is 4.68 Å². The normalized spacial score (nSPS) is 10.3. The molecular weight excluding hydrogens is 258 g/mol. The Labute approximate surface area is 117 Å². The lowest BCUT2D eigenvalue weighted by Gasteiger charge is -2.08. The molecule has 0 aliphatic carbocycles. The third kappa shape index (κ3) is 3.14. The molecule has 6 heteroatoms. The molecule has 0 aliphatic rings. The smallest absolute Gasteiger partial charge is 0.341 e. The van der Waals surface area contributed by atoms with Gasteiger partial charge in [0.25, 0.3) is 0 Å². The van der Waals surface area contributed by atoms with Crippen LogP contribution in [0.5, 0.6) is 5.88 Å². The lowest BCUT2D eigenvalue weighted by Crippen LogP contribution is -2.11. The topological polar surface area (TPSA) is 66.2 Å². The van der Waals surface area contributed by atoms with Crippen molar-refractivity contribution in [3.05, 3.63) is 41.3 Å². The van der Waals surface area contributed by atoms with E-state index in [0.717, 1.165) is 5.56 Å². The highest BCUT2D eigenvalue weighted by atomic mass is 16.5. The lowest BCUT2D eigenvalue weighted by molar-refractivity contribution is 0.0523. The van der Waals surface area contributed by atoms with Crippen molar-refractivity contribution in [2.75, 3.05) is 6.61 Å². The molecule has 0 saturated heterocycles. The maximum Gasteiger partial charge on any atom is 0.341 e. The molecule has 2 aromatic heterocycles. The van der Waals surface area contributed by atoms with Crippen LogP contribution in [0.4, 0.5) is 0 Å². The van der Waals surface area contributed by atoms with E-state index in [2.05, 4.69) is 10.1 Å². The SMILES string of the molecule is CCOC(=O)c1cnn(C)c1COc1cc(C)ccn1. The number of carbonyl (C=O) groups is 1. The van der Waals surface area contributed by atoms with E-state index in [1.807, 2.05) is 19.1 Å². The van der Waals surface area contributed by atoms with Gasteiger partial charge in [-0.2, -0.15) is 5.10 Å². The van der Waals surface area contributed by atoms with Crippen LogP contribution < -0.4 is 4.74 Å². The summed E-state index contributed by atoms with van der Waals surface area (Å²) in [6, 6.07) is 3.72. The van der Waals surface area contributed by atoms with Gasteiger partial charge in [0.1, 0.15) is 12.2 Å². The molecule has 2 aromatic rings. The Hall–Kier alpha value is -2.37. The molecule has 0 aliphatic heterocycles. The van der Waals surface area contributed by atoms with Crippen molar-refractivity contribution in [3.8, 4) is 5.88 Å². The number of pyridine rings is 1. The number of hydrogen-bond acceptors (Lipinski definition) is 5. The van der Waals surface area contributed by atoms with Crippen LogP contribution in [0.15, 0.2) is 24.5 Å². The third-order valence-corrected chi connectivity index (χ3v) is 2.80. The first-order valence-corrected chi connectivity index (χ1v) is 6.35. The maximum absolute atomic E-state index is 11.8. The average Bonchev–Trinajstić information content (AvgIpc) is 2.78. The van der Waals surface area contributed by atoms with Crippen molar-refractivity contribution in [2.45, 2.75) is 20.5 Å². The molecule has 0 radical (unpaired) electrons. The third-order valence-electron chi connectivity index (χ3n) is 2.80. The van der Waals surface area contributed by atoms with Gasteiger partial charge >= 0.3 is 5.97 Å². The zero-order chi connectivity index (χ0) is 14.5. The van der Waals surface area contributed by atoms with Gasteiger partial charge in [-0.1, -0.05) is 0 Å². The van der Waals surface area contributed by atoms with Crippen LogP contribution in [0.3, 0.4) is 0 Å². The first-order valence-electron chi connectivity index (χ1n) is 6.35. The fourth-order valence-electron chi connectivity index (χ4n) is 1.74. The predicted octanol–water partition coefficient (Wildman–Crippen LogP) is 1.88. The van der Waals surface area contributed by atoms with E-state index in [9.17, 15) is 4.79 Å². The van der Waals surface area contributed by atoms with E-state index >= 15 is 0 Å². The summed E-state index contributed by atoms with van der Waals surface area (Å²) in [5.41, 5.74) is 2.14. The summed E-state index contributed by atoms with van der Waals surface area (Å²) >= 11 is 0. The molecule has 0 atom stereocenters. The molecule has 6 nitrogen and oxygen atoms in total.